The Morgan fingerprint density at radius 1 is 1.02 bits per heavy atom. The van der Waals surface area contributed by atoms with Gasteiger partial charge in [0, 0.05) is 87.0 Å². The van der Waals surface area contributed by atoms with Gasteiger partial charge in [-0.2, -0.15) is 0 Å². The molecule has 55 heavy (non-hydrogen) atoms. The molecule has 3 aromatic heterocycles. The minimum absolute atomic E-state index is 0.0548. The molecule has 0 saturated heterocycles. The van der Waals surface area contributed by atoms with Crippen molar-refractivity contribution in [3.8, 4) is 40.2 Å². The molecule has 280 valence electrons. The Morgan fingerprint density at radius 3 is 2.58 bits per heavy atom. The Balaban J connectivity index is 1.04. The lowest BCUT2D eigenvalue weighted by molar-refractivity contribution is -0.130. The highest BCUT2D eigenvalue weighted by atomic mass is 16.5. The van der Waals surface area contributed by atoms with Gasteiger partial charge in [0.25, 0.3) is 5.91 Å². The van der Waals surface area contributed by atoms with Gasteiger partial charge in [0.2, 0.25) is 17.7 Å². The second-order valence-corrected chi connectivity index (χ2v) is 13.6. The van der Waals surface area contributed by atoms with Crippen molar-refractivity contribution < 1.29 is 19.1 Å². The molecule has 2 N–H and O–H groups in total. The molecule has 2 aliphatic heterocycles. The molecule has 0 fully saturated rings. The number of aryl methyl sites for hydroxylation is 1. The lowest BCUT2D eigenvalue weighted by Crippen LogP contribution is -2.40. The van der Waals surface area contributed by atoms with E-state index in [1.807, 2.05) is 59.3 Å². The van der Waals surface area contributed by atoms with E-state index in [2.05, 4.69) is 51.6 Å². The molecule has 2 aromatic carbocycles. The summed E-state index contributed by atoms with van der Waals surface area (Å²) in [6.45, 7) is 12.6. The molecule has 1 atom stereocenters. The highest BCUT2D eigenvalue weighted by molar-refractivity contribution is 5.98. The van der Waals surface area contributed by atoms with Crippen LogP contribution in [0.1, 0.15) is 65.9 Å². The van der Waals surface area contributed by atoms with E-state index in [0.717, 1.165) is 68.9 Å². The van der Waals surface area contributed by atoms with Gasteiger partial charge in [0.1, 0.15) is 17.6 Å². The number of nitrogens with one attached hydrogen (secondary N) is 2. The number of benzene rings is 2. The third kappa shape index (κ3) is 7.01. The molecule has 0 bridgehead atoms. The number of imidazole rings is 1. The summed E-state index contributed by atoms with van der Waals surface area (Å²) >= 11 is 0. The molecule has 12 heteroatoms. The van der Waals surface area contributed by atoms with Gasteiger partial charge in [0.15, 0.2) is 0 Å². The maximum Gasteiger partial charge on any atom is 0.270 e. The van der Waals surface area contributed by atoms with Crippen LogP contribution in [-0.4, -0.2) is 80.3 Å². The first-order valence-electron chi connectivity index (χ1n) is 18.5. The zero-order valence-electron chi connectivity index (χ0n) is 31.8. The van der Waals surface area contributed by atoms with Crippen LogP contribution in [0.3, 0.4) is 0 Å². The van der Waals surface area contributed by atoms with Crippen LogP contribution >= 0.6 is 0 Å². The number of amides is 3. The van der Waals surface area contributed by atoms with Gasteiger partial charge in [-0.25, -0.2) is 9.97 Å². The molecule has 3 amide bonds. The number of likely N-dealkylation sites (N-methyl/N-ethyl adjacent to an activating group) is 1. The van der Waals surface area contributed by atoms with Gasteiger partial charge in [-0.05, 0) is 42.1 Å². The van der Waals surface area contributed by atoms with E-state index in [1.165, 1.54) is 7.11 Å². The van der Waals surface area contributed by atoms with E-state index in [4.69, 9.17) is 14.7 Å². The summed E-state index contributed by atoms with van der Waals surface area (Å²) < 4.78 is 7.90. The Kier molecular flexibility index (Phi) is 10.4. The predicted molar refractivity (Wildman–Crippen MR) is 212 cm³/mol. The quantitative estimate of drug-likeness (QED) is 0.156. The summed E-state index contributed by atoms with van der Waals surface area (Å²) in [6, 6.07) is 17.1. The van der Waals surface area contributed by atoms with Crippen molar-refractivity contribution >= 4 is 34.2 Å². The minimum atomic E-state index is -0.352. The van der Waals surface area contributed by atoms with Crippen molar-refractivity contribution in [2.75, 3.05) is 27.2 Å². The second-order valence-electron chi connectivity index (χ2n) is 13.6. The van der Waals surface area contributed by atoms with Gasteiger partial charge >= 0.3 is 0 Å². The number of pyridine rings is 2. The van der Waals surface area contributed by atoms with E-state index < -0.39 is 0 Å². The molecule has 5 heterocycles. The van der Waals surface area contributed by atoms with Crippen LogP contribution in [0.4, 0.5) is 0 Å². The Labute approximate surface area is 320 Å². The normalized spacial score (nSPS) is 13.8. The number of methoxy groups -OCH3 is 1. The van der Waals surface area contributed by atoms with Crippen LogP contribution in [0, 0.1) is 11.8 Å². The highest BCUT2D eigenvalue weighted by Gasteiger charge is 2.31. The van der Waals surface area contributed by atoms with Crippen LogP contribution in [0.5, 0.6) is 5.88 Å². The average Bonchev–Trinajstić information content (AvgIpc) is 3.76. The van der Waals surface area contributed by atoms with Gasteiger partial charge in [-0.15, -0.1) is 0 Å². The number of hydrogen-bond donors (Lipinski definition) is 2. The lowest BCUT2D eigenvalue weighted by atomic mass is 10.0. The monoisotopic (exact) mass is 736 g/mol. The number of ether oxygens (including phenoxy) is 1. The maximum absolute atomic E-state index is 13.1. The number of carbonyl (C=O) groups is 3. The number of nitrogens with zero attached hydrogens (tertiary/aromatic N) is 6. The number of aromatic nitrogens is 4. The second kappa shape index (κ2) is 15.5. The smallest absolute Gasteiger partial charge is 0.270 e. The zero-order valence-corrected chi connectivity index (χ0v) is 31.8. The molecule has 0 aliphatic carbocycles. The fraction of sp³-hybridized carbons (Fsp3) is 0.302. The van der Waals surface area contributed by atoms with Crippen LogP contribution in [0.2, 0.25) is 0 Å². The van der Waals surface area contributed by atoms with Crippen molar-refractivity contribution in [1.82, 2.24) is 40.0 Å². The third-order valence-corrected chi connectivity index (χ3v) is 10.4. The van der Waals surface area contributed by atoms with E-state index in [0.29, 0.717) is 43.9 Å². The van der Waals surface area contributed by atoms with E-state index in [9.17, 15) is 14.4 Å². The van der Waals surface area contributed by atoms with Crippen LogP contribution in [-0.2, 0) is 35.6 Å². The summed E-state index contributed by atoms with van der Waals surface area (Å²) in [7, 11) is 3.15. The van der Waals surface area contributed by atoms with Gasteiger partial charge in [-0.3, -0.25) is 19.4 Å². The first-order valence-corrected chi connectivity index (χ1v) is 18.5. The van der Waals surface area contributed by atoms with Crippen molar-refractivity contribution in [3.63, 3.8) is 0 Å². The first kappa shape index (κ1) is 36.9. The van der Waals surface area contributed by atoms with Crippen molar-refractivity contribution in [2.24, 2.45) is 0 Å². The van der Waals surface area contributed by atoms with Gasteiger partial charge in [-0.1, -0.05) is 55.7 Å². The summed E-state index contributed by atoms with van der Waals surface area (Å²) in [5.41, 5.74) is 8.12. The van der Waals surface area contributed by atoms with E-state index in [-0.39, 0.29) is 35.3 Å². The molecule has 5 aromatic rings. The summed E-state index contributed by atoms with van der Waals surface area (Å²) in [4.78, 5) is 55.9. The molecule has 1 unspecified atom stereocenters. The highest BCUT2D eigenvalue weighted by Crippen LogP contribution is 2.37. The topological polar surface area (TPSA) is 135 Å². The molecule has 12 nitrogen and oxygen atoms in total. The fourth-order valence-corrected chi connectivity index (χ4v) is 7.41. The Bertz CT molecular complexity index is 2420. The first-order chi connectivity index (χ1) is 26.6. The maximum atomic E-state index is 13.1. The van der Waals surface area contributed by atoms with E-state index in [1.54, 1.807) is 26.1 Å². The number of hydrogen-bond acceptors (Lipinski definition) is 8. The summed E-state index contributed by atoms with van der Waals surface area (Å²) in [5.74, 6) is 7.36. The predicted octanol–water partition coefficient (Wildman–Crippen LogP) is 5.19. The van der Waals surface area contributed by atoms with Crippen molar-refractivity contribution in [1.29, 1.82) is 0 Å². The fourth-order valence-electron chi connectivity index (χ4n) is 7.41. The Morgan fingerprint density at radius 2 is 1.82 bits per heavy atom. The van der Waals surface area contributed by atoms with Crippen LogP contribution in [0.25, 0.3) is 39.0 Å². The molecule has 7 rings (SSSR count). The lowest BCUT2D eigenvalue weighted by Gasteiger charge is -2.28. The standard InChI is InChI=1S/C43H44N8O4/c1-7-39-48-40(38-25-49(28(4)52)20-21-50(38)39)32-16-11-14-30-22-37(46-23-34(30)32)33-17-18-36(47-43(33)55-6)42(54)45-19-9-8-12-29-13-10-15-31-26(2)51(24-35(29)31)27(3)41(53)44-5/h10-11,13-18,22-23,27H,2,7,9,19-21,24-25H2,1,3-6H3,(H,44,53)(H,45,54). The largest absolute Gasteiger partial charge is 0.480 e. The molecule has 0 radical (unpaired) electrons. The van der Waals surface area contributed by atoms with E-state index >= 15 is 0 Å². The van der Waals surface area contributed by atoms with Gasteiger partial charge in [0.05, 0.1) is 36.3 Å². The summed E-state index contributed by atoms with van der Waals surface area (Å²) in [5, 5.41) is 7.52. The Hall–Kier alpha value is -6.48. The molecule has 0 saturated carbocycles. The van der Waals surface area contributed by atoms with Gasteiger partial charge < -0.3 is 29.7 Å². The summed E-state index contributed by atoms with van der Waals surface area (Å²) in [6.07, 6.45) is 3.07. The van der Waals surface area contributed by atoms with Crippen LogP contribution < -0.4 is 15.4 Å². The van der Waals surface area contributed by atoms with Crippen LogP contribution in [0.15, 0.2) is 67.4 Å². The third-order valence-electron chi connectivity index (χ3n) is 10.4. The molecule has 0 spiro atoms. The van der Waals surface area contributed by atoms with Crippen molar-refractivity contribution in [2.45, 2.75) is 59.3 Å². The average molecular weight is 737 g/mol. The molecular weight excluding hydrogens is 693 g/mol. The number of carbonyl (C=O) groups excluding carboxylic acids is 3. The molecular formula is C43H44N8O4. The van der Waals surface area contributed by atoms with Crippen molar-refractivity contribution in [3.05, 3.63) is 101 Å². The zero-order chi connectivity index (χ0) is 38.8. The molecule has 2 aliphatic rings. The number of fused-ring (bicyclic) bond motifs is 3. The number of rotatable bonds is 9. The minimum Gasteiger partial charge on any atom is -0.480 e. The SMILES string of the molecule is C=C1c2cccc(C#CCCNC(=O)c3ccc(-c4cc5cccc(-c6nc(CC)n7c6CN(C(C)=O)CC7)c5cn4)c(OC)n3)c2CN1C(C)C(=O)NC.